The molecule has 1 aromatic heterocycles. The van der Waals surface area contributed by atoms with Gasteiger partial charge < -0.3 is 15.1 Å². The molecule has 25 heavy (non-hydrogen) atoms. The first kappa shape index (κ1) is 18.6. The van der Waals surface area contributed by atoms with Gasteiger partial charge in [-0.15, -0.1) is 0 Å². The summed E-state index contributed by atoms with van der Waals surface area (Å²) in [6.45, 7) is 5.14. The highest BCUT2D eigenvalue weighted by atomic mass is 32.2. The molecular weight excluding hydrogens is 332 g/mol. The molecule has 0 aromatic carbocycles. The molecule has 140 valence electrons. The Morgan fingerprint density at radius 3 is 2.76 bits per heavy atom. The van der Waals surface area contributed by atoms with E-state index in [9.17, 15) is 0 Å². The number of guanidine groups is 1. The fraction of sp³-hybridized carbons (Fsp3) is 0.737. The molecule has 5 nitrogen and oxygen atoms in total. The van der Waals surface area contributed by atoms with Crippen LogP contribution < -0.4 is 10.6 Å². The van der Waals surface area contributed by atoms with Crippen LogP contribution in [0.3, 0.4) is 0 Å². The van der Waals surface area contributed by atoms with Gasteiger partial charge in [0.1, 0.15) is 11.5 Å². The number of aliphatic imine (C=N–C) groups is 1. The molecule has 1 aliphatic carbocycles. The molecule has 3 atom stereocenters. The van der Waals surface area contributed by atoms with Crippen molar-refractivity contribution in [2.75, 3.05) is 32.9 Å². The predicted molar refractivity (Wildman–Crippen MR) is 106 cm³/mol. The Hall–Kier alpha value is -1.14. The summed E-state index contributed by atoms with van der Waals surface area (Å²) in [6, 6.07) is 5.00. The van der Waals surface area contributed by atoms with E-state index in [2.05, 4.69) is 38.9 Å². The van der Waals surface area contributed by atoms with Crippen molar-refractivity contribution in [3.05, 3.63) is 23.7 Å². The van der Waals surface area contributed by atoms with Crippen molar-refractivity contribution in [3.63, 3.8) is 0 Å². The maximum atomic E-state index is 5.94. The second-order valence-corrected chi connectivity index (χ2v) is 8.31. The highest BCUT2D eigenvalue weighted by Gasteiger charge is 2.27. The minimum atomic E-state index is 0.275. The van der Waals surface area contributed by atoms with E-state index in [1.807, 2.05) is 25.7 Å². The number of rotatable bonds is 6. The number of aryl methyl sites for hydroxylation is 1. The van der Waals surface area contributed by atoms with Crippen LogP contribution in [0.5, 0.6) is 0 Å². The Kier molecular flexibility index (Phi) is 6.70. The second kappa shape index (κ2) is 8.99. The molecule has 0 spiro atoms. The third-order valence-corrected chi connectivity index (χ3v) is 6.51. The van der Waals surface area contributed by atoms with Gasteiger partial charge in [0.15, 0.2) is 5.96 Å². The molecule has 2 heterocycles. The van der Waals surface area contributed by atoms with Crippen molar-refractivity contribution in [2.45, 2.75) is 56.4 Å². The number of nitrogens with zero attached hydrogens (tertiary/aromatic N) is 2. The van der Waals surface area contributed by atoms with Crippen molar-refractivity contribution >= 4 is 17.7 Å². The van der Waals surface area contributed by atoms with E-state index in [0.29, 0.717) is 6.04 Å². The molecule has 1 aromatic rings. The highest BCUT2D eigenvalue weighted by molar-refractivity contribution is 7.99. The number of likely N-dealkylation sites (tertiary alicyclic amines) is 1. The maximum Gasteiger partial charge on any atom is 0.191 e. The lowest BCUT2D eigenvalue weighted by atomic mass is 10.2. The summed E-state index contributed by atoms with van der Waals surface area (Å²) in [7, 11) is 1.86. The summed E-state index contributed by atoms with van der Waals surface area (Å²) < 4.78 is 5.94. The third-order valence-electron chi connectivity index (χ3n) is 5.42. The molecule has 2 aliphatic rings. The van der Waals surface area contributed by atoms with Gasteiger partial charge >= 0.3 is 0 Å². The Labute approximate surface area is 156 Å². The summed E-state index contributed by atoms with van der Waals surface area (Å²) in [5, 5.41) is 7.94. The van der Waals surface area contributed by atoms with E-state index in [0.717, 1.165) is 42.4 Å². The van der Waals surface area contributed by atoms with Gasteiger partial charge in [-0.2, -0.15) is 11.8 Å². The molecule has 6 heteroatoms. The van der Waals surface area contributed by atoms with Gasteiger partial charge in [0.2, 0.25) is 0 Å². The zero-order valence-electron chi connectivity index (χ0n) is 15.8. The molecule has 0 bridgehead atoms. The quantitative estimate of drug-likeness (QED) is 0.600. The van der Waals surface area contributed by atoms with Crippen molar-refractivity contribution < 1.29 is 4.42 Å². The summed E-state index contributed by atoms with van der Waals surface area (Å²) in [4.78, 5) is 6.96. The topological polar surface area (TPSA) is 52.8 Å². The van der Waals surface area contributed by atoms with Crippen LogP contribution >= 0.6 is 11.8 Å². The lowest BCUT2D eigenvalue weighted by Crippen LogP contribution is -2.45. The Morgan fingerprint density at radius 1 is 1.36 bits per heavy atom. The molecule has 1 aliphatic heterocycles. The standard InChI is InChI=1S/C19H32N4OS/c1-14-6-9-18(24-14)17(23-10-4-5-11-23)13-21-19(20-2)22-15-7-8-16(12-15)25-3/h6,9,15-17H,4-5,7-8,10-13H2,1-3H3,(H2,20,21,22). The van der Waals surface area contributed by atoms with Gasteiger partial charge in [-0.3, -0.25) is 9.89 Å². The number of hydrogen-bond donors (Lipinski definition) is 2. The molecule has 0 radical (unpaired) electrons. The minimum absolute atomic E-state index is 0.275. The van der Waals surface area contributed by atoms with Gasteiger partial charge in [0.05, 0.1) is 6.04 Å². The number of furan rings is 1. The maximum absolute atomic E-state index is 5.94. The first-order chi connectivity index (χ1) is 12.2. The van der Waals surface area contributed by atoms with Crippen LogP contribution in [-0.2, 0) is 0 Å². The van der Waals surface area contributed by atoms with Crippen molar-refractivity contribution in [1.29, 1.82) is 0 Å². The molecule has 2 N–H and O–H groups in total. The van der Waals surface area contributed by atoms with Gasteiger partial charge in [0.25, 0.3) is 0 Å². The van der Waals surface area contributed by atoms with Gasteiger partial charge in [-0.25, -0.2) is 0 Å². The van der Waals surface area contributed by atoms with Crippen molar-refractivity contribution in [3.8, 4) is 0 Å². The van der Waals surface area contributed by atoms with E-state index in [4.69, 9.17) is 4.42 Å². The smallest absolute Gasteiger partial charge is 0.191 e. The van der Waals surface area contributed by atoms with Gasteiger partial charge in [-0.1, -0.05) is 0 Å². The molecule has 1 saturated carbocycles. The van der Waals surface area contributed by atoms with E-state index in [-0.39, 0.29) is 6.04 Å². The first-order valence-corrected chi connectivity index (χ1v) is 10.8. The fourth-order valence-electron chi connectivity index (χ4n) is 3.96. The molecule has 0 amide bonds. The zero-order chi connectivity index (χ0) is 17.6. The Bertz CT molecular complexity index is 568. The lowest BCUT2D eigenvalue weighted by Gasteiger charge is -2.27. The lowest BCUT2D eigenvalue weighted by molar-refractivity contribution is 0.213. The van der Waals surface area contributed by atoms with Crippen molar-refractivity contribution in [1.82, 2.24) is 15.5 Å². The first-order valence-electron chi connectivity index (χ1n) is 9.50. The molecular formula is C19H32N4OS. The largest absolute Gasteiger partial charge is 0.465 e. The molecule has 1 saturated heterocycles. The van der Waals surface area contributed by atoms with Crippen LogP contribution in [0.15, 0.2) is 21.5 Å². The fourth-order valence-corrected chi connectivity index (χ4v) is 4.76. The summed E-state index contributed by atoms with van der Waals surface area (Å²) in [5.74, 6) is 2.96. The molecule has 3 unspecified atom stereocenters. The Balaban J connectivity index is 1.57. The van der Waals surface area contributed by atoms with Crippen LogP contribution in [0, 0.1) is 6.92 Å². The van der Waals surface area contributed by atoms with E-state index in [1.54, 1.807) is 0 Å². The summed E-state index contributed by atoms with van der Waals surface area (Å²) >= 11 is 1.99. The normalized spacial score (nSPS) is 26.1. The number of hydrogen-bond acceptors (Lipinski definition) is 4. The second-order valence-electron chi connectivity index (χ2n) is 7.17. The minimum Gasteiger partial charge on any atom is -0.465 e. The van der Waals surface area contributed by atoms with E-state index < -0.39 is 0 Å². The van der Waals surface area contributed by atoms with Crippen LogP contribution in [0.25, 0.3) is 0 Å². The van der Waals surface area contributed by atoms with Crippen LogP contribution in [0.4, 0.5) is 0 Å². The van der Waals surface area contributed by atoms with E-state index >= 15 is 0 Å². The zero-order valence-corrected chi connectivity index (χ0v) is 16.6. The molecule has 2 fully saturated rings. The van der Waals surface area contributed by atoms with E-state index in [1.165, 1.54) is 32.1 Å². The van der Waals surface area contributed by atoms with Crippen LogP contribution in [0.2, 0.25) is 0 Å². The third kappa shape index (κ3) is 4.94. The van der Waals surface area contributed by atoms with Crippen LogP contribution in [-0.4, -0.2) is 55.1 Å². The average Bonchev–Trinajstić information content (AvgIpc) is 3.36. The predicted octanol–water partition coefficient (Wildman–Crippen LogP) is 3.17. The SMILES string of the molecule is CN=C(NCC(c1ccc(C)o1)N1CCCC1)NC1CCC(SC)C1. The van der Waals surface area contributed by atoms with Crippen LogP contribution in [0.1, 0.15) is 49.7 Å². The Morgan fingerprint density at radius 2 is 2.16 bits per heavy atom. The number of thioether (sulfide) groups is 1. The monoisotopic (exact) mass is 364 g/mol. The average molecular weight is 365 g/mol. The number of nitrogens with one attached hydrogen (secondary N) is 2. The van der Waals surface area contributed by atoms with Gasteiger partial charge in [-0.05, 0) is 70.5 Å². The molecule has 3 rings (SSSR count). The summed E-state index contributed by atoms with van der Waals surface area (Å²) in [5.41, 5.74) is 0. The highest BCUT2D eigenvalue weighted by Crippen LogP contribution is 2.28. The summed E-state index contributed by atoms with van der Waals surface area (Å²) in [6.07, 6.45) is 8.54. The van der Waals surface area contributed by atoms with Gasteiger partial charge in [0, 0.05) is 24.9 Å². The van der Waals surface area contributed by atoms with Crippen molar-refractivity contribution in [2.24, 2.45) is 4.99 Å².